The quantitative estimate of drug-likeness (QED) is 0.866. The van der Waals surface area contributed by atoms with E-state index in [0.29, 0.717) is 0 Å². The maximum absolute atomic E-state index is 9.59. The van der Waals surface area contributed by atoms with E-state index < -0.39 is 0 Å². The molecule has 3 nitrogen and oxygen atoms in total. The van der Waals surface area contributed by atoms with Crippen LogP contribution in [0.1, 0.15) is 29.5 Å². The van der Waals surface area contributed by atoms with E-state index in [0.717, 1.165) is 71.6 Å². The maximum atomic E-state index is 9.59. The molecule has 0 fully saturated rings. The number of fused-ring (bicyclic) bond motifs is 2. The van der Waals surface area contributed by atoms with Gasteiger partial charge in [-0.2, -0.15) is 0 Å². The average molecular weight is 299 g/mol. The molecule has 2 heterocycles. The highest BCUT2D eigenvalue weighted by Gasteiger charge is 2.27. The van der Waals surface area contributed by atoms with Gasteiger partial charge in [-0.05, 0) is 41.6 Å². The Balaban J connectivity index is 2.25. The number of hydrogen-bond donors (Lipinski definition) is 1. The molecule has 0 aliphatic carbocycles. The fraction of sp³-hybridized carbons (Fsp3) is 0.538. The normalized spacial score (nSPS) is 17.8. The van der Waals surface area contributed by atoms with Crippen molar-refractivity contribution in [1.82, 2.24) is 0 Å². The first-order valence-electron chi connectivity index (χ1n) is 6.05. The average Bonchev–Trinajstić information content (AvgIpc) is 2.40. The predicted octanol–water partition coefficient (Wildman–Crippen LogP) is 2.59. The number of benzene rings is 1. The Morgan fingerprint density at radius 1 is 1.00 bits per heavy atom. The van der Waals surface area contributed by atoms with Crippen LogP contribution in [0, 0.1) is 0 Å². The first kappa shape index (κ1) is 11.4. The number of aliphatic hydroxyl groups is 1. The molecule has 1 N–H and O–H groups in total. The molecule has 0 spiro atoms. The van der Waals surface area contributed by atoms with Crippen molar-refractivity contribution in [3.63, 3.8) is 0 Å². The SMILES string of the molecule is OCc1c2c(c(Br)c3c1OCCC3)OCCC2. The fourth-order valence-corrected chi connectivity index (χ4v) is 3.38. The first-order chi connectivity index (χ1) is 8.33. The van der Waals surface area contributed by atoms with Crippen molar-refractivity contribution >= 4 is 15.9 Å². The van der Waals surface area contributed by atoms with Crippen molar-refractivity contribution in [2.45, 2.75) is 32.3 Å². The van der Waals surface area contributed by atoms with Gasteiger partial charge in [-0.3, -0.25) is 0 Å². The Kier molecular flexibility index (Phi) is 3.01. The summed E-state index contributed by atoms with van der Waals surface area (Å²) >= 11 is 3.63. The van der Waals surface area contributed by atoms with Crippen molar-refractivity contribution in [3.8, 4) is 11.5 Å². The van der Waals surface area contributed by atoms with E-state index in [1.807, 2.05) is 0 Å². The van der Waals surface area contributed by atoms with Crippen LogP contribution in [-0.4, -0.2) is 18.3 Å². The van der Waals surface area contributed by atoms with Crippen molar-refractivity contribution in [3.05, 3.63) is 21.2 Å². The standard InChI is InChI=1S/C13H15BrO3/c14-11-9-4-2-5-16-12(9)10(7-15)8-3-1-6-17-13(8)11/h15H,1-7H2. The third-order valence-electron chi connectivity index (χ3n) is 3.44. The van der Waals surface area contributed by atoms with Crippen LogP contribution < -0.4 is 9.47 Å². The number of aliphatic hydroxyl groups excluding tert-OH is 1. The maximum Gasteiger partial charge on any atom is 0.137 e. The molecule has 3 rings (SSSR count). The first-order valence-corrected chi connectivity index (χ1v) is 6.84. The minimum atomic E-state index is 0.0291. The molecular weight excluding hydrogens is 284 g/mol. The van der Waals surface area contributed by atoms with Gasteiger partial charge < -0.3 is 14.6 Å². The molecule has 92 valence electrons. The molecule has 0 amide bonds. The number of hydrogen-bond acceptors (Lipinski definition) is 3. The van der Waals surface area contributed by atoms with Crippen LogP contribution in [0.25, 0.3) is 0 Å². The Labute approximate surface area is 109 Å². The molecule has 0 saturated heterocycles. The van der Waals surface area contributed by atoms with E-state index in [1.54, 1.807) is 0 Å². The highest BCUT2D eigenvalue weighted by molar-refractivity contribution is 9.10. The molecule has 2 aliphatic heterocycles. The van der Waals surface area contributed by atoms with Crippen LogP contribution in [0.3, 0.4) is 0 Å². The third kappa shape index (κ3) is 1.74. The van der Waals surface area contributed by atoms with Crippen LogP contribution in [-0.2, 0) is 19.4 Å². The third-order valence-corrected chi connectivity index (χ3v) is 4.28. The van der Waals surface area contributed by atoms with E-state index in [1.165, 1.54) is 0 Å². The zero-order valence-corrected chi connectivity index (χ0v) is 11.2. The Morgan fingerprint density at radius 3 is 2.35 bits per heavy atom. The molecule has 4 heteroatoms. The fourth-order valence-electron chi connectivity index (χ4n) is 2.65. The Bertz CT molecular complexity index is 419. The van der Waals surface area contributed by atoms with Gasteiger partial charge in [0.1, 0.15) is 11.5 Å². The van der Waals surface area contributed by atoms with Gasteiger partial charge in [0.2, 0.25) is 0 Å². The molecular formula is C13H15BrO3. The molecule has 1 aromatic rings. The smallest absolute Gasteiger partial charge is 0.137 e. The van der Waals surface area contributed by atoms with Crippen molar-refractivity contribution < 1.29 is 14.6 Å². The summed E-state index contributed by atoms with van der Waals surface area (Å²) in [4.78, 5) is 0. The van der Waals surface area contributed by atoms with Gasteiger partial charge in [0.25, 0.3) is 0 Å². The van der Waals surface area contributed by atoms with E-state index in [2.05, 4.69) is 15.9 Å². The Hall–Kier alpha value is -0.740. The molecule has 2 aliphatic rings. The molecule has 0 unspecified atom stereocenters. The second kappa shape index (κ2) is 4.50. The highest BCUT2D eigenvalue weighted by Crippen LogP contribution is 2.46. The molecule has 0 saturated carbocycles. The summed E-state index contributed by atoms with van der Waals surface area (Å²) in [6.07, 6.45) is 3.97. The lowest BCUT2D eigenvalue weighted by atomic mass is 9.93. The van der Waals surface area contributed by atoms with Crippen molar-refractivity contribution in [1.29, 1.82) is 0 Å². The summed E-state index contributed by atoms with van der Waals surface area (Å²) in [5.74, 6) is 1.81. The highest BCUT2D eigenvalue weighted by atomic mass is 79.9. The Morgan fingerprint density at radius 2 is 1.65 bits per heavy atom. The minimum absolute atomic E-state index is 0.0291. The lowest BCUT2D eigenvalue weighted by molar-refractivity contribution is 0.239. The van der Waals surface area contributed by atoms with Crippen molar-refractivity contribution in [2.75, 3.05) is 13.2 Å². The summed E-state index contributed by atoms with van der Waals surface area (Å²) < 4.78 is 12.5. The van der Waals surface area contributed by atoms with Gasteiger partial charge in [-0.25, -0.2) is 0 Å². The monoisotopic (exact) mass is 298 g/mol. The topological polar surface area (TPSA) is 38.7 Å². The van der Waals surface area contributed by atoms with Gasteiger partial charge in [-0.15, -0.1) is 0 Å². The van der Waals surface area contributed by atoms with Crippen molar-refractivity contribution in [2.24, 2.45) is 0 Å². The van der Waals surface area contributed by atoms with E-state index >= 15 is 0 Å². The van der Waals surface area contributed by atoms with Crippen LogP contribution in [0.15, 0.2) is 4.47 Å². The van der Waals surface area contributed by atoms with Crippen LogP contribution in [0.2, 0.25) is 0 Å². The van der Waals surface area contributed by atoms with Crippen LogP contribution in [0.4, 0.5) is 0 Å². The van der Waals surface area contributed by atoms with Gasteiger partial charge in [0, 0.05) is 16.7 Å². The summed E-state index contributed by atoms with van der Waals surface area (Å²) in [7, 11) is 0. The summed E-state index contributed by atoms with van der Waals surface area (Å²) in [5.41, 5.74) is 3.20. The summed E-state index contributed by atoms with van der Waals surface area (Å²) in [6.45, 7) is 1.53. The van der Waals surface area contributed by atoms with Crippen LogP contribution in [0.5, 0.6) is 11.5 Å². The molecule has 0 atom stereocenters. The van der Waals surface area contributed by atoms with E-state index in [4.69, 9.17) is 9.47 Å². The molecule has 17 heavy (non-hydrogen) atoms. The van der Waals surface area contributed by atoms with E-state index in [-0.39, 0.29) is 6.61 Å². The number of halogens is 1. The summed E-state index contributed by atoms with van der Waals surface area (Å²) in [5, 5.41) is 9.59. The van der Waals surface area contributed by atoms with Crippen LogP contribution >= 0.6 is 15.9 Å². The molecule has 0 aromatic heterocycles. The zero-order valence-electron chi connectivity index (χ0n) is 9.59. The number of ether oxygens (including phenoxy) is 2. The van der Waals surface area contributed by atoms with Gasteiger partial charge >= 0.3 is 0 Å². The zero-order chi connectivity index (χ0) is 11.8. The molecule has 0 bridgehead atoms. The lowest BCUT2D eigenvalue weighted by Crippen LogP contribution is -2.17. The predicted molar refractivity (Wildman–Crippen MR) is 67.7 cm³/mol. The molecule has 0 radical (unpaired) electrons. The second-order valence-electron chi connectivity index (χ2n) is 4.47. The minimum Gasteiger partial charge on any atom is -0.493 e. The lowest BCUT2D eigenvalue weighted by Gasteiger charge is -2.28. The molecule has 1 aromatic carbocycles. The number of rotatable bonds is 1. The summed E-state index contributed by atoms with van der Waals surface area (Å²) in [6, 6.07) is 0. The van der Waals surface area contributed by atoms with Gasteiger partial charge in [-0.1, -0.05) is 0 Å². The largest absolute Gasteiger partial charge is 0.493 e. The van der Waals surface area contributed by atoms with E-state index in [9.17, 15) is 5.11 Å². The second-order valence-corrected chi connectivity index (χ2v) is 5.26. The van der Waals surface area contributed by atoms with Gasteiger partial charge in [0.05, 0.1) is 24.3 Å². The van der Waals surface area contributed by atoms with Gasteiger partial charge in [0.15, 0.2) is 0 Å².